The van der Waals surface area contributed by atoms with Gasteiger partial charge in [0.1, 0.15) is 10.0 Å². The molecule has 0 aliphatic carbocycles. The van der Waals surface area contributed by atoms with Crippen LogP contribution < -0.4 is 0 Å². The fourth-order valence-electron chi connectivity index (χ4n) is 1.07. The highest BCUT2D eigenvalue weighted by Gasteiger charge is 2.27. The van der Waals surface area contributed by atoms with Crippen LogP contribution in [0.2, 0.25) is 5.15 Å². The molecule has 90 valence electrons. The molecule has 1 aromatic rings. The first-order valence-electron chi connectivity index (χ1n) is 4.60. The highest BCUT2D eigenvalue weighted by Crippen LogP contribution is 2.22. The van der Waals surface area contributed by atoms with Crippen LogP contribution in [-0.2, 0) is 10.0 Å². The lowest BCUT2D eigenvalue weighted by Gasteiger charge is -2.22. The van der Waals surface area contributed by atoms with Crippen LogP contribution in [0.25, 0.3) is 0 Å². The summed E-state index contributed by atoms with van der Waals surface area (Å²) in [7, 11) is -2.31. The SMILES string of the molecule is CC(CO)N(C)S(=O)(=O)c1cccnc1Cl. The predicted octanol–water partition coefficient (Wildman–Crippen LogP) is 0.736. The third kappa shape index (κ3) is 2.52. The number of aliphatic hydroxyl groups is 1. The molecule has 5 nitrogen and oxygen atoms in total. The fraction of sp³-hybridized carbons (Fsp3) is 0.444. The summed E-state index contributed by atoms with van der Waals surface area (Å²) in [5, 5.41) is 8.86. The van der Waals surface area contributed by atoms with Crippen molar-refractivity contribution in [2.75, 3.05) is 13.7 Å². The molecule has 0 aliphatic rings. The summed E-state index contributed by atoms with van der Waals surface area (Å²) in [6.45, 7) is 1.34. The lowest BCUT2D eigenvalue weighted by atomic mass is 10.4. The van der Waals surface area contributed by atoms with Crippen LogP contribution in [0.4, 0.5) is 0 Å². The molecule has 1 heterocycles. The summed E-state index contributed by atoms with van der Waals surface area (Å²) in [4.78, 5) is 3.65. The van der Waals surface area contributed by atoms with E-state index in [1.54, 1.807) is 6.92 Å². The van der Waals surface area contributed by atoms with E-state index in [0.29, 0.717) is 0 Å². The van der Waals surface area contributed by atoms with Gasteiger partial charge >= 0.3 is 0 Å². The van der Waals surface area contributed by atoms with E-state index in [0.717, 1.165) is 4.31 Å². The molecule has 0 amide bonds. The molecule has 0 bridgehead atoms. The second kappa shape index (κ2) is 5.09. The summed E-state index contributed by atoms with van der Waals surface area (Å²) in [6.07, 6.45) is 1.41. The Morgan fingerprint density at radius 1 is 1.62 bits per heavy atom. The van der Waals surface area contributed by atoms with Crippen LogP contribution in [-0.4, -0.2) is 42.5 Å². The summed E-state index contributed by atoms with van der Waals surface area (Å²) in [5.74, 6) is 0. The van der Waals surface area contributed by atoms with E-state index in [-0.39, 0.29) is 16.7 Å². The van der Waals surface area contributed by atoms with Crippen LogP contribution in [0.1, 0.15) is 6.92 Å². The molecular weight excluding hydrogens is 252 g/mol. The van der Waals surface area contributed by atoms with E-state index in [4.69, 9.17) is 16.7 Å². The van der Waals surface area contributed by atoms with Crippen molar-refractivity contribution >= 4 is 21.6 Å². The van der Waals surface area contributed by atoms with Gasteiger partial charge in [-0.05, 0) is 19.1 Å². The Bertz CT molecular complexity index is 464. The first kappa shape index (κ1) is 13.4. The summed E-state index contributed by atoms with van der Waals surface area (Å²) in [6, 6.07) is 2.36. The standard InChI is InChI=1S/C9H13ClN2O3S/c1-7(6-13)12(2)16(14,15)8-4-3-5-11-9(8)10/h3-5,7,13H,6H2,1-2H3. The number of hydrogen-bond donors (Lipinski definition) is 1. The molecule has 0 radical (unpaired) electrons. The number of likely N-dealkylation sites (N-methyl/N-ethyl adjacent to an activating group) is 1. The van der Waals surface area contributed by atoms with Gasteiger partial charge in [-0.1, -0.05) is 11.6 Å². The van der Waals surface area contributed by atoms with E-state index < -0.39 is 16.1 Å². The minimum Gasteiger partial charge on any atom is -0.395 e. The van der Waals surface area contributed by atoms with E-state index in [1.165, 1.54) is 25.4 Å². The maximum atomic E-state index is 12.0. The zero-order valence-electron chi connectivity index (χ0n) is 8.96. The van der Waals surface area contributed by atoms with Crippen molar-refractivity contribution in [1.82, 2.24) is 9.29 Å². The normalized spacial score (nSPS) is 14.1. The molecule has 0 fully saturated rings. The molecule has 1 unspecified atom stereocenters. The smallest absolute Gasteiger partial charge is 0.246 e. The predicted molar refractivity (Wildman–Crippen MR) is 60.7 cm³/mol. The van der Waals surface area contributed by atoms with Gasteiger partial charge in [-0.25, -0.2) is 13.4 Å². The Kier molecular flexibility index (Phi) is 4.26. The fourth-order valence-corrected chi connectivity index (χ4v) is 2.85. The third-order valence-electron chi connectivity index (χ3n) is 2.27. The van der Waals surface area contributed by atoms with E-state index >= 15 is 0 Å². The van der Waals surface area contributed by atoms with Crippen LogP contribution >= 0.6 is 11.6 Å². The summed E-state index contributed by atoms with van der Waals surface area (Å²) in [5.41, 5.74) is 0. The van der Waals surface area contributed by atoms with Gasteiger partial charge in [-0.3, -0.25) is 0 Å². The molecule has 0 aliphatic heterocycles. The van der Waals surface area contributed by atoms with Crippen LogP contribution in [0, 0.1) is 0 Å². The van der Waals surface area contributed by atoms with Gasteiger partial charge in [-0.2, -0.15) is 4.31 Å². The molecule has 1 aromatic heterocycles. The molecule has 7 heteroatoms. The minimum absolute atomic E-state index is 0.0560. The lowest BCUT2D eigenvalue weighted by Crippen LogP contribution is -2.37. The number of aromatic nitrogens is 1. The Morgan fingerprint density at radius 3 is 2.75 bits per heavy atom. The molecular formula is C9H13ClN2O3S. The monoisotopic (exact) mass is 264 g/mol. The van der Waals surface area contributed by atoms with Gasteiger partial charge in [0.15, 0.2) is 0 Å². The molecule has 0 saturated carbocycles. The van der Waals surface area contributed by atoms with Crippen molar-refractivity contribution in [1.29, 1.82) is 0 Å². The molecule has 0 spiro atoms. The number of rotatable bonds is 4. The van der Waals surface area contributed by atoms with Gasteiger partial charge in [0, 0.05) is 19.3 Å². The van der Waals surface area contributed by atoms with Crippen molar-refractivity contribution in [2.24, 2.45) is 0 Å². The van der Waals surface area contributed by atoms with Gasteiger partial charge in [0.25, 0.3) is 0 Å². The topological polar surface area (TPSA) is 70.5 Å². The maximum absolute atomic E-state index is 12.0. The second-order valence-electron chi connectivity index (χ2n) is 3.35. The average molecular weight is 265 g/mol. The van der Waals surface area contributed by atoms with Crippen molar-refractivity contribution in [2.45, 2.75) is 17.9 Å². The van der Waals surface area contributed by atoms with Crippen molar-refractivity contribution in [3.8, 4) is 0 Å². The maximum Gasteiger partial charge on any atom is 0.246 e. The molecule has 0 aromatic carbocycles. The highest BCUT2D eigenvalue weighted by atomic mass is 35.5. The molecule has 16 heavy (non-hydrogen) atoms. The number of hydrogen-bond acceptors (Lipinski definition) is 4. The number of sulfonamides is 1. The third-order valence-corrected chi connectivity index (χ3v) is 4.68. The lowest BCUT2D eigenvalue weighted by molar-refractivity contribution is 0.214. The van der Waals surface area contributed by atoms with Crippen LogP contribution in [0.5, 0.6) is 0 Å². The van der Waals surface area contributed by atoms with E-state index in [9.17, 15) is 8.42 Å². The quantitative estimate of drug-likeness (QED) is 0.814. The van der Waals surface area contributed by atoms with Gasteiger partial charge in [0.2, 0.25) is 10.0 Å². The molecule has 0 saturated heterocycles. The van der Waals surface area contributed by atoms with E-state index in [1.807, 2.05) is 0 Å². The van der Waals surface area contributed by atoms with Gasteiger partial charge in [-0.15, -0.1) is 0 Å². The minimum atomic E-state index is -3.70. The Hall–Kier alpha value is -0.690. The zero-order valence-corrected chi connectivity index (χ0v) is 10.5. The first-order valence-corrected chi connectivity index (χ1v) is 6.42. The van der Waals surface area contributed by atoms with Crippen molar-refractivity contribution in [3.63, 3.8) is 0 Å². The Balaban J connectivity index is 3.17. The van der Waals surface area contributed by atoms with Crippen molar-refractivity contribution in [3.05, 3.63) is 23.5 Å². The largest absolute Gasteiger partial charge is 0.395 e. The molecule has 1 N–H and O–H groups in total. The summed E-state index contributed by atoms with van der Waals surface area (Å²) >= 11 is 5.72. The number of nitrogens with zero attached hydrogens (tertiary/aromatic N) is 2. The van der Waals surface area contributed by atoms with Crippen molar-refractivity contribution < 1.29 is 13.5 Å². The van der Waals surface area contributed by atoms with Crippen LogP contribution in [0.3, 0.4) is 0 Å². The number of halogens is 1. The number of aliphatic hydroxyl groups excluding tert-OH is 1. The highest BCUT2D eigenvalue weighted by molar-refractivity contribution is 7.89. The number of pyridine rings is 1. The molecule has 1 rings (SSSR count). The Labute approximate surface area is 99.7 Å². The zero-order chi connectivity index (χ0) is 12.3. The van der Waals surface area contributed by atoms with E-state index in [2.05, 4.69) is 4.98 Å². The Morgan fingerprint density at radius 2 is 2.25 bits per heavy atom. The van der Waals surface area contributed by atoms with Gasteiger partial charge < -0.3 is 5.11 Å². The van der Waals surface area contributed by atoms with Gasteiger partial charge in [0.05, 0.1) is 6.61 Å². The summed E-state index contributed by atoms with van der Waals surface area (Å²) < 4.78 is 25.2. The first-order chi connectivity index (χ1) is 7.41. The van der Waals surface area contributed by atoms with Crippen LogP contribution in [0.15, 0.2) is 23.2 Å². The average Bonchev–Trinajstić information content (AvgIpc) is 2.27. The second-order valence-corrected chi connectivity index (χ2v) is 5.67. The molecule has 1 atom stereocenters.